The lowest BCUT2D eigenvalue weighted by molar-refractivity contribution is 0.398. The summed E-state index contributed by atoms with van der Waals surface area (Å²) in [4.78, 5) is 4.17. The van der Waals surface area contributed by atoms with Crippen molar-refractivity contribution in [1.82, 2.24) is 4.98 Å². The summed E-state index contributed by atoms with van der Waals surface area (Å²) in [5.74, 6) is 1.33. The summed E-state index contributed by atoms with van der Waals surface area (Å²) in [6.45, 7) is 5.29. The number of hydrogen-bond acceptors (Lipinski definition) is 3. The molecule has 0 saturated heterocycles. The van der Waals surface area contributed by atoms with Crippen molar-refractivity contribution >= 4 is 5.69 Å². The first kappa shape index (κ1) is 14.4. The minimum Gasteiger partial charge on any atom is -0.481 e. The second-order valence-corrected chi connectivity index (χ2v) is 5.36. The van der Waals surface area contributed by atoms with Gasteiger partial charge in [0.15, 0.2) is 0 Å². The van der Waals surface area contributed by atoms with Gasteiger partial charge in [-0.1, -0.05) is 38.1 Å². The second kappa shape index (κ2) is 6.94. The van der Waals surface area contributed by atoms with Crippen LogP contribution in [0.5, 0.6) is 5.88 Å². The topological polar surface area (TPSA) is 34.1 Å². The van der Waals surface area contributed by atoms with Crippen molar-refractivity contribution in [2.75, 3.05) is 12.4 Å². The van der Waals surface area contributed by atoms with Crippen molar-refractivity contribution in [2.45, 2.75) is 26.8 Å². The van der Waals surface area contributed by atoms with Gasteiger partial charge in [-0.15, -0.1) is 0 Å². The summed E-state index contributed by atoms with van der Waals surface area (Å²) < 4.78 is 5.04. The lowest BCUT2D eigenvalue weighted by Gasteiger charge is -2.09. The number of nitrogens with one attached hydrogen (secondary N) is 1. The monoisotopic (exact) mass is 270 g/mol. The normalized spacial score (nSPS) is 10.6. The molecule has 1 aromatic heterocycles. The number of anilines is 1. The molecular weight excluding hydrogens is 248 g/mol. The van der Waals surface area contributed by atoms with Crippen LogP contribution in [0.15, 0.2) is 42.6 Å². The molecule has 2 aromatic rings. The van der Waals surface area contributed by atoms with E-state index in [1.165, 1.54) is 11.1 Å². The highest BCUT2D eigenvalue weighted by Crippen LogP contribution is 2.14. The van der Waals surface area contributed by atoms with Crippen LogP contribution in [0.4, 0.5) is 5.69 Å². The number of rotatable bonds is 6. The summed E-state index contributed by atoms with van der Waals surface area (Å²) in [6.07, 6.45) is 2.92. The van der Waals surface area contributed by atoms with Crippen molar-refractivity contribution < 1.29 is 4.74 Å². The molecule has 2 rings (SSSR count). The Morgan fingerprint density at radius 3 is 2.30 bits per heavy atom. The number of methoxy groups -OCH3 is 1. The predicted octanol–water partition coefficient (Wildman–Crippen LogP) is 3.90. The first-order chi connectivity index (χ1) is 9.67. The highest BCUT2D eigenvalue weighted by molar-refractivity contribution is 5.42. The summed E-state index contributed by atoms with van der Waals surface area (Å²) in [5.41, 5.74) is 3.67. The van der Waals surface area contributed by atoms with Gasteiger partial charge < -0.3 is 10.1 Å². The summed E-state index contributed by atoms with van der Waals surface area (Å²) >= 11 is 0. The van der Waals surface area contributed by atoms with Crippen LogP contribution in [0.1, 0.15) is 25.0 Å². The number of pyridine rings is 1. The third-order valence-electron chi connectivity index (χ3n) is 3.11. The van der Waals surface area contributed by atoms with Crippen LogP contribution in [0, 0.1) is 5.92 Å². The third kappa shape index (κ3) is 4.26. The largest absolute Gasteiger partial charge is 0.481 e. The van der Waals surface area contributed by atoms with Gasteiger partial charge in [-0.2, -0.15) is 0 Å². The van der Waals surface area contributed by atoms with Crippen LogP contribution in [-0.4, -0.2) is 12.1 Å². The standard InChI is InChI=1S/C17H22N2O/c1-13(2)10-14-4-6-15(7-5-14)11-18-16-8-9-17(20-3)19-12-16/h4-9,12-13,18H,10-11H2,1-3H3. The zero-order valence-electron chi connectivity index (χ0n) is 12.4. The third-order valence-corrected chi connectivity index (χ3v) is 3.11. The molecule has 0 fully saturated rings. The van der Waals surface area contributed by atoms with E-state index in [2.05, 4.69) is 48.4 Å². The maximum atomic E-state index is 5.04. The van der Waals surface area contributed by atoms with Gasteiger partial charge in [0.05, 0.1) is 19.0 Å². The highest BCUT2D eigenvalue weighted by atomic mass is 16.5. The fraction of sp³-hybridized carbons (Fsp3) is 0.353. The molecule has 0 spiro atoms. The summed E-state index contributed by atoms with van der Waals surface area (Å²) in [6, 6.07) is 12.6. The smallest absolute Gasteiger partial charge is 0.213 e. The van der Waals surface area contributed by atoms with Gasteiger partial charge in [0.25, 0.3) is 0 Å². The van der Waals surface area contributed by atoms with Crippen molar-refractivity contribution in [3.8, 4) is 5.88 Å². The molecule has 20 heavy (non-hydrogen) atoms. The quantitative estimate of drug-likeness (QED) is 0.864. The molecular formula is C17H22N2O. The van der Waals surface area contributed by atoms with Crippen LogP contribution in [0.25, 0.3) is 0 Å². The average molecular weight is 270 g/mol. The lowest BCUT2D eigenvalue weighted by atomic mass is 10.0. The molecule has 1 heterocycles. The van der Waals surface area contributed by atoms with Crippen molar-refractivity contribution in [1.29, 1.82) is 0 Å². The average Bonchev–Trinajstić information content (AvgIpc) is 2.46. The molecule has 0 aliphatic carbocycles. The number of nitrogens with zero attached hydrogens (tertiary/aromatic N) is 1. The Hall–Kier alpha value is -2.03. The van der Waals surface area contributed by atoms with Crippen LogP contribution in [-0.2, 0) is 13.0 Å². The maximum Gasteiger partial charge on any atom is 0.213 e. The number of ether oxygens (including phenoxy) is 1. The Morgan fingerprint density at radius 2 is 1.75 bits per heavy atom. The highest BCUT2D eigenvalue weighted by Gasteiger charge is 1.99. The molecule has 0 aliphatic heterocycles. The molecule has 106 valence electrons. The van der Waals surface area contributed by atoms with Gasteiger partial charge >= 0.3 is 0 Å². The fourth-order valence-electron chi connectivity index (χ4n) is 2.07. The van der Waals surface area contributed by atoms with E-state index in [1.54, 1.807) is 13.3 Å². The lowest BCUT2D eigenvalue weighted by Crippen LogP contribution is -2.01. The van der Waals surface area contributed by atoms with Crippen LogP contribution in [0.3, 0.4) is 0 Å². The molecule has 0 atom stereocenters. The number of hydrogen-bond donors (Lipinski definition) is 1. The van der Waals surface area contributed by atoms with E-state index in [0.717, 1.165) is 18.7 Å². The molecule has 0 saturated carbocycles. The minimum absolute atomic E-state index is 0.633. The summed E-state index contributed by atoms with van der Waals surface area (Å²) in [5, 5.41) is 3.35. The molecule has 3 heteroatoms. The fourth-order valence-corrected chi connectivity index (χ4v) is 2.07. The van der Waals surface area contributed by atoms with E-state index >= 15 is 0 Å². The van der Waals surface area contributed by atoms with Gasteiger partial charge in [0.2, 0.25) is 5.88 Å². The Labute approximate surface area is 121 Å². The van der Waals surface area contributed by atoms with Crippen molar-refractivity contribution in [3.05, 3.63) is 53.7 Å². The first-order valence-corrected chi connectivity index (χ1v) is 6.99. The second-order valence-electron chi connectivity index (χ2n) is 5.36. The SMILES string of the molecule is COc1ccc(NCc2ccc(CC(C)C)cc2)cn1. The zero-order chi connectivity index (χ0) is 14.4. The van der Waals surface area contributed by atoms with E-state index < -0.39 is 0 Å². The molecule has 0 bridgehead atoms. The van der Waals surface area contributed by atoms with E-state index in [1.807, 2.05) is 12.1 Å². The van der Waals surface area contributed by atoms with E-state index in [-0.39, 0.29) is 0 Å². The van der Waals surface area contributed by atoms with Gasteiger partial charge in [-0.3, -0.25) is 0 Å². The Kier molecular flexibility index (Phi) is 4.99. The van der Waals surface area contributed by atoms with E-state index in [4.69, 9.17) is 4.74 Å². The predicted molar refractivity (Wildman–Crippen MR) is 83.1 cm³/mol. The van der Waals surface area contributed by atoms with Gasteiger partial charge in [0.1, 0.15) is 0 Å². The van der Waals surface area contributed by atoms with E-state index in [9.17, 15) is 0 Å². The van der Waals surface area contributed by atoms with Crippen LogP contribution < -0.4 is 10.1 Å². The molecule has 0 aliphatic rings. The van der Waals surface area contributed by atoms with Crippen molar-refractivity contribution in [3.63, 3.8) is 0 Å². The molecule has 0 amide bonds. The summed E-state index contributed by atoms with van der Waals surface area (Å²) in [7, 11) is 1.62. The number of aromatic nitrogens is 1. The van der Waals surface area contributed by atoms with Gasteiger partial charge in [-0.25, -0.2) is 4.98 Å². The Bertz CT molecular complexity index is 518. The molecule has 0 unspecified atom stereocenters. The Balaban J connectivity index is 1.89. The first-order valence-electron chi connectivity index (χ1n) is 6.99. The van der Waals surface area contributed by atoms with Crippen LogP contribution in [0.2, 0.25) is 0 Å². The van der Waals surface area contributed by atoms with Crippen molar-refractivity contribution in [2.24, 2.45) is 5.92 Å². The molecule has 1 aromatic carbocycles. The van der Waals surface area contributed by atoms with Crippen LogP contribution >= 0.6 is 0 Å². The molecule has 1 N–H and O–H groups in total. The van der Waals surface area contributed by atoms with E-state index in [0.29, 0.717) is 11.8 Å². The zero-order valence-corrected chi connectivity index (χ0v) is 12.4. The maximum absolute atomic E-state index is 5.04. The van der Waals surface area contributed by atoms with Gasteiger partial charge in [-0.05, 0) is 29.5 Å². The number of benzene rings is 1. The van der Waals surface area contributed by atoms with Gasteiger partial charge in [0, 0.05) is 12.6 Å². The molecule has 0 radical (unpaired) electrons. The Morgan fingerprint density at radius 1 is 1.05 bits per heavy atom. The molecule has 3 nitrogen and oxygen atoms in total. The minimum atomic E-state index is 0.633.